The number of hydrogen-bond acceptors (Lipinski definition) is 3. The molecule has 1 aliphatic heterocycles. The van der Waals surface area contributed by atoms with Gasteiger partial charge >= 0.3 is 0 Å². The van der Waals surface area contributed by atoms with E-state index in [9.17, 15) is 14.7 Å². The van der Waals surface area contributed by atoms with Crippen LogP contribution < -0.4 is 0 Å². The quantitative estimate of drug-likeness (QED) is 0.371. The molecule has 0 radical (unpaired) electrons. The molecule has 4 aromatic rings. The first-order chi connectivity index (χ1) is 16.0. The van der Waals surface area contributed by atoms with Crippen LogP contribution in [0.4, 0.5) is 0 Å². The topological polar surface area (TPSA) is 62.5 Å². The molecule has 1 fully saturated rings. The summed E-state index contributed by atoms with van der Waals surface area (Å²) < 4.78 is 1.95. The zero-order chi connectivity index (χ0) is 22.8. The SMILES string of the molecule is O=C(C(=O)N1CCC(O)(Cc2ccccc2)CC1)c1cn(-c2ccccc2)c2ccccc12. The first-order valence-corrected chi connectivity index (χ1v) is 11.3. The number of nitrogens with zero attached hydrogens (tertiary/aromatic N) is 2. The van der Waals surface area contributed by atoms with Crippen molar-refractivity contribution in [2.24, 2.45) is 0 Å². The van der Waals surface area contributed by atoms with Crippen molar-refractivity contribution in [3.05, 3.63) is 102 Å². The average molecular weight is 439 g/mol. The Morgan fingerprint density at radius 3 is 2.12 bits per heavy atom. The van der Waals surface area contributed by atoms with Gasteiger partial charge in [0.05, 0.1) is 16.7 Å². The van der Waals surface area contributed by atoms with Crippen molar-refractivity contribution in [1.82, 2.24) is 9.47 Å². The van der Waals surface area contributed by atoms with E-state index in [0.29, 0.717) is 37.9 Å². The molecule has 0 saturated carbocycles. The highest BCUT2D eigenvalue weighted by molar-refractivity contribution is 6.45. The zero-order valence-corrected chi connectivity index (χ0v) is 18.4. The predicted molar refractivity (Wildman–Crippen MR) is 129 cm³/mol. The lowest BCUT2D eigenvalue weighted by Gasteiger charge is -2.38. The van der Waals surface area contributed by atoms with E-state index in [2.05, 4.69) is 0 Å². The molecule has 5 rings (SSSR count). The maximum atomic E-state index is 13.3. The fourth-order valence-electron chi connectivity index (χ4n) is 4.70. The molecule has 1 aliphatic rings. The summed E-state index contributed by atoms with van der Waals surface area (Å²) >= 11 is 0. The van der Waals surface area contributed by atoms with Crippen LogP contribution in [0, 0.1) is 0 Å². The number of amides is 1. The number of Topliss-reactive ketones (excluding diaryl/α,β-unsaturated/α-hetero) is 1. The zero-order valence-electron chi connectivity index (χ0n) is 18.4. The van der Waals surface area contributed by atoms with Crippen LogP contribution >= 0.6 is 0 Å². The number of aliphatic hydroxyl groups is 1. The second-order valence-electron chi connectivity index (χ2n) is 8.77. The first kappa shape index (κ1) is 21.2. The maximum absolute atomic E-state index is 13.3. The number of rotatable bonds is 5. The molecule has 0 atom stereocenters. The number of piperidine rings is 1. The van der Waals surface area contributed by atoms with E-state index in [1.165, 1.54) is 0 Å². The Labute approximate surface area is 192 Å². The highest BCUT2D eigenvalue weighted by Gasteiger charge is 2.36. The van der Waals surface area contributed by atoms with Crippen molar-refractivity contribution < 1.29 is 14.7 Å². The summed E-state index contributed by atoms with van der Waals surface area (Å²) in [7, 11) is 0. The summed E-state index contributed by atoms with van der Waals surface area (Å²) in [4.78, 5) is 28.0. The number of likely N-dealkylation sites (tertiary alicyclic amines) is 1. The molecule has 0 unspecified atom stereocenters. The van der Waals surface area contributed by atoms with E-state index in [0.717, 1.165) is 22.2 Å². The Morgan fingerprint density at radius 1 is 0.818 bits per heavy atom. The molecule has 0 bridgehead atoms. The van der Waals surface area contributed by atoms with Gasteiger partial charge in [-0.05, 0) is 36.6 Å². The van der Waals surface area contributed by atoms with E-state index in [1.807, 2.05) is 89.5 Å². The summed E-state index contributed by atoms with van der Waals surface area (Å²) in [6.07, 6.45) is 3.21. The molecule has 1 aromatic heterocycles. The number of hydrogen-bond donors (Lipinski definition) is 1. The lowest BCUT2D eigenvalue weighted by atomic mass is 9.85. The van der Waals surface area contributed by atoms with Crippen LogP contribution in [0.2, 0.25) is 0 Å². The van der Waals surface area contributed by atoms with Crippen LogP contribution in [-0.2, 0) is 11.2 Å². The van der Waals surface area contributed by atoms with Gasteiger partial charge in [-0.1, -0.05) is 66.7 Å². The normalized spacial score (nSPS) is 15.5. The molecule has 2 heterocycles. The van der Waals surface area contributed by atoms with E-state index < -0.39 is 17.3 Å². The van der Waals surface area contributed by atoms with Crippen LogP contribution in [0.1, 0.15) is 28.8 Å². The van der Waals surface area contributed by atoms with Gasteiger partial charge in [0.2, 0.25) is 0 Å². The largest absolute Gasteiger partial charge is 0.389 e. The highest BCUT2D eigenvalue weighted by atomic mass is 16.3. The van der Waals surface area contributed by atoms with Gasteiger partial charge in [0, 0.05) is 36.8 Å². The molecule has 33 heavy (non-hydrogen) atoms. The fourth-order valence-corrected chi connectivity index (χ4v) is 4.70. The molecule has 0 spiro atoms. The van der Waals surface area contributed by atoms with Gasteiger partial charge in [-0.2, -0.15) is 0 Å². The van der Waals surface area contributed by atoms with Crippen LogP contribution in [0.3, 0.4) is 0 Å². The summed E-state index contributed by atoms with van der Waals surface area (Å²) in [6, 6.07) is 27.3. The minimum atomic E-state index is -0.857. The first-order valence-electron chi connectivity index (χ1n) is 11.3. The Bertz CT molecular complexity index is 1290. The Hall–Kier alpha value is -3.70. The molecule has 1 N–H and O–H groups in total. The number of aromatic nitrogens is 1. The van der Waals surface area contributed by atoms with Gasteiger partial charge in [0.15, 0.2) is 0 Å². The highest BCUT2D eigenvalue weighted by Crippen LogP contribution is 2.29. The van der Waals surface area contributed by atoms with Crippen LogP contribution in [0.15, 0.2) is 91.1 Å². The van der Waals surface area contributed by atoms with Crippen molar-refractivity contribution in [2.75, 3.05) is 13.1 Å². The average Bonchev–Trinajstić information content (AvgIpc) is 3.24. The Kier molecular flexibility index (Phi) is 5.56. The Morgan fingerprint density at radius 2 is 1.42 bits per heavy atom. The van der Waals surface area contributed by atoms with Crippen molar-refractivity contribution in [3.63, 3.8) is 0 Å². The third-order valence-corrected chi connectivity index (χ3v) is 6.54. The van der Waals surface area contributed by atoms with Gasteiger partial charge in [0.1, 0.15) is 0 Å². The molecule has 5 heteroatoms. The molecular formula is C28H26N2O3. The molecule has 0 aliphatic carbocycles. The smallest absolute Gasteiger partial charge is 0.295 e. The minimum absolute atomic E-state index is 0.366. The number of ketones is 1. The molecule has 1 saturated heterocycles. The third kappa shape index (κ3) is 4.20. The summed E-state index contributed by atoms with van der Waals surface area (Å²) in [6.45, 7) is 0.733. The lowest BCUT2D eigenvalue weighted by molar-refractivity contribution is -0.130. The lowest BCUT2D eigenvalue weighted by Crippen LogP contribution is -2.49. The summed E-state index contributed by atoms with van der Waals surface area (Å²) in [5.41, 5.74) is 2.44. The predicted octanol–water partition coefficient (Wildman–Crippen LogP) is 4.41. The van der Waals surface area contributed by atoms with Crippen LogP contribution in [0.25, 0.3) is 16.6 Å². The number of benzene rings is 3. The van der Waals surface area contributed by atoms with Gasteiger partial charge in [-0.15, -0.1) is 0 Å². The number of carbonyl (C=O) groups is 2. The number of fused-ring (bicyclic) bond motifs is 1. The van der Waals surface area contributed by atoms with E-state index >= 15 is 0 Å². The minimum Gasteiger partial charge on any atom is -0.389 e. The summed E-state index contributed by atoms with van der Waals surface area (Å²) in [5.74, 6) is -1.01. The molecule has 166 valence electrons. The van der Waals surface area contributed by atoms with Gasteiger partial charge < -0.3 is 14.6 Å². The van der Waals surface area contributed by atoms with E-state index in [-0.39, 0.29) is 0 Å². The van der Waals surface area contributed by atoms with Gasteiger partial charge in [-0.3, -0.25) is 9.59 Å². The van der Waals surface area contributed by atoms with Crippen molar-refractivity contribution in [2.45, 2.75) is 24.9 Å². The van der Waals surface area contributed by atoms with Crippen LogP contribution in [0.5, 0.6) is 0 Å². The molecular weight excluding hydrogens is 412 g/mol. The van der Waals surface area contributed by atoms with Gasteiger partial charge in [0.25, 0.3) is 11.7 Å². The molecule has 5 nitrogen and oxygen atoms in total. The fraction of sp³-hybridized carbons (Fsp3) is 0.214. The molecule has 1 amide bonds. The van der Waals surface area contributed by atoms with Crippen molar-refractivity contribution >= 4 is 22.6 Å². The van der Waals surface area contributed by atoms with E-state index in [1.54, 1.807) is 11.1 Å². The van der Waals surface area contributed by atoms with Crippen molar-refractivity contribution in [1.29, 1.82) is 0 Å². The molecule has 3 aromatic carbocycles. The standard InChI is InChI=1S/C28H26N2O3/c31-26(24-20-30(22-11-5-2-6-12-22)25-14-8-7-13-23(24)25)27(32)29-17-15-28(33,16-18-29)19-21-9-3-1-4-10-21/h1-14,20,33H,15-19H2. The Balaban J connectivity index is 1.35. The van der Waals surface area contributed by atoms with Crippen molar-refractivity contribution in [3.8, 4) is 5.69 Å². The third-order valence-electron chi connectivity index (χ3n) is 6.54. The number of para-hydroxylation sites is 2. The van der Waals surface area contributed by atoms with E-state index in [4.69, 9.17) is 0 Å². The second kappa shape index (κ2) is 8.68. The monoisotopic (exact) mass is 438 g/mol. The second-order valence-corrected chi connectivity index (χ2v) is 8.77. The summed E-state index contributed by atoms with van der Waals surface area (Å²) in [5, 5.41) is 11.8. The van der Waals surface area contributed by atoms with Gasteiger partial charge in [-0.25, -0.2) is 0 Å². The number of carbonyl (C=O) groups excluding carboxylic acids is 2. The maximum Gasteiger partial charge on any atom is 0.295 e. The van der Waals surface area contributed by atoms with Crippen LogP contribution in [-0.4, -0.2) is 45.0 Å².